The summed E-state index contributed by atoms with van der Waals surface area (Å²) in [7, 11) is 0. The van der Waals surface area contributed by atoms with Gasteiger partial charge in [-0.05, 0) is 62.1 Å². The lowest BCUT2D eigenvalue weighted by Gasteiger charge is -2.64. The second-order valence-electron chi connectivity index (χ2n) is 8.03. The molecule has 2 fully saturated rings. The molecule has 0 radical (unpaired) electrons. The van der Waals surface area contributed by atoms with Crippen LogP contribution < -0.4 is 0 Å². The van der Waals surface area contributed by atoms with Crippen LogP contribution in [0, 0.1) is 5.41 Å². The lowest BCUT2D eigenvalue weighted by Crippen LogP contribution is -2.73. The van der Waals surface area contributed by atoms with E-state index < -0.39 is 17.0 Å². The third kappa shape index (κ3) is 2.52. The molecule has 3 aliphatic heterocycles. The summed E-state index contributed by atoms with van der Waals surface area (Å²) in [6.45, 7) is 6.55. The smallest absolute Gasteiger partial charge is 0.241 e. The summed E-state index contributed by atoms with van der Waals surface area (Å²) in [6, 6.07) is 5.48. The molecular weight excluding hydrogens is 359 g/mol. The monoisotopic (exact) mass is 380 g/mol. The quantitative estimate of drug-likeness (QED) is 0.467. The first-order valence-electron chi connectivity index (χ1n) is 8.63. The molecule has 5 rings (SSSR count). The molecule has 0 amide bonds. The largest absolute Gasteiger partial charge is 0.331 e. The Balaban J connectivity index is 1.68. The molecule has 1 aliphatic carbocycles. The lowest BCUT2D eigenvalue weighted by atomic mass is 9.57. The molecule has 3 atom stereocenters. The molecule has 2 bridgehead atoms. The first-order chi connectivity index (χ1) is 11.7. The molecule has 1 aromatic carbocycles. The van der Waals surface area contributed by atoms with Crippen LogP contribution in [-0.4, -0.2) is 17.0 Å². The number of fused-ring (bicyclic) bond motifs is 1. The number of rotatable bonds is 2. The van der Waals surface area contributed by atoms with E-state index in [0.717, 1.165) is 24.8 Å². The summed E-state index contributed by atoms with van der Waals surface area (Å²) >= 11 is 12.1. The number of ether oxygens (including phenoxy) is 1. The number of halogens is 2. The van der Waals surface area contributed by atoms with Gasteiger partial charge < -0.3 is 4.74 Å². The van der Waals surface area contributed by atoms with E-state index in [-0.39, 0.29) is 5.41 Å². The van der Waals surface area contributed by atoms with Crippen molar-refractivity contribution in [2.75, 3.05) is 0 Å². The molecule has 3 heterocycles. The highest BCUT2D eigenvalue weighted by Crippen LogP contribution is 2.60. The second-order valence-corrected chi connectivity index (χ2v) is 8.85. The van der Waals surface area contributed by atoms with Crippen molar-refractivity contribution in [3.8, 4) is 0 Å². The summed E-state index contributed by atoms with van der Waals surface area (Å²) in [5.41, 5.74) is -0.126. The van der Waals surface area contributed by atoms with E-state index in [2.05, 4.69) is 26.8 Å². The zero-order valence-corrected chi connectivity index (χ0v) is 16.2. The molecule has 4 aliphatic rings. The predicted octanol–water partition coefficient (Wildman–Crippen LogP) is 5.96. The topological polar surface area (TPSA) is 27.7 Å². The number of benzene rings is 1. The molecule has 25 heavy (non-hydrogen) atoms. The average molecular weight is 381 g/mol. The second kappa shape index (κ2) is 5.58. The fourth-order valence-electron chi connectivity index (χ4n) is 4.45. The van der Waals surface area contributed by atoms with Crippen molar-refractivity contribution < 1.29 is 14.5 Å². The molecule has 3 nitrogen and oxygen atoms in total. The molecule has 1 saturated carbocycles. The van der Waals surface area contributed by atoms with E-state index >= 15 is 0 Å². The summed E-state index contributed by atoms with van der Waals surface area (Å²) in [5, 5.41) is 1.05. The van der Waals surface area contributed by atoms with Crippen LogP contribution in [0.1, 0.15) is 45.6 Å². The van der Waals surface area contributed by atoms with Crippen molar-refractivity contribution >= 4 is 29.3 Å². The molecule has 0 aromatic heterocycles. The summed E-state index contributed by atoms with van der Waals surface area (Å²) in [4.78, 5) is 11.8. The van der Waals surface area contributed by atoms with Crippen LogP contribution in [0.3, 0.4) is 0 Å². The lowest BCUT2D eigenvalue weighted by molar-refractivity contribution is -0.540. The molecule has 0 N–H and O–H groups in total. The van der Waals surface area contributed by atoms with Crippen LogP contribution in [0.2, 0.25) is 10.0 Å². The Kier molecular flexibility index (Phi) is 3.92. The first-order valence-corrected chi connectivity index (χ1v) is 9.38. The Labute approximate surface area is 158 Å². The average Bonchev–Trinajstić information content (AvgIpc) is 2.56. The standard InChI is InChI=1S/C20H22Cl2O3/c1-17(2)8-4-9-18(3)20(17)12-11-19(23-18,24-25-20)10-7-14-5-6-15(21)16(22)13-14/h5-7,10-13H,4,8-9H2,1-3H3/b10-7+/t18-,19-,20?/m0/s1. The van der Waals surface area contributed by atoms with E-state index in [4.69, 9.17) is 37.7 Å². The highest BCUT2D eigenvalue weighted by atomic mass is 35.5. The maximum absolute atomic E-state index is 6.49. The maximum atomic E-state index is 6.49. The number of hydrogen-bond donors (Lipinski definition) is 0. The highest BCUT2D eigenvalue weighted by molar-refractivity contribution is 6.42. The van der Waals surface area contributed by atoms with Gasteiger partial charge >= 0.3 is 0 Å². The minimum Gasteiger partial charge on any atom is -0.331 e. The fraction of sp³-hybridized carbons (Fsp3) is 0.500. The summed E-state index contributed by atoms with van der Waals surface area (Å²) < 4.78 is 6.49. The van der Waals surface area contributed by atoms with Gasteiger partial charge in [-0.3, -0.25) is 0 Å². The predicted molar refractivity (Wildman–Crippen MR) is 99.4 cm³/mol. The fourth-order valence-corrected chi connectivity index (χ4v) is 4.76. The van der Waals surface area contributed by atoms with Crippen molar-refractivity contribution in [3.05, 3.63) is 52.0 Å². The van der Waals surface area contributed by atoms with Crippen molar-refractivity contribution in [1.29, 1.82) is 0 Å². The van der Waals surface area contributed by atoms with Crippen LogP contribution in [0.15, 0.2) is 36.4 Å². The van der Waals surface area contributed by atoms with Gasteiger partial charge in [0.05, 0.1) is 10.0 Å². The van der Waals surface area contributed by atoms with Gasteiger partial charge in [-0.15, -0.1) is 0 Å². The zero-order chi connectivity index (χ0) is 17.9. The summed E-state index contributed by atoms with van der Waals surface area (Å²) in [5.74, 6) is -1.02. The van der Waals surface area contributed by atoms with E-state index in [0.29, 0.717) is 10.0 Å². The summed E-state index contributed by atoms with van der Waals surface area (Å²) in [6.07, 6.45) is 11.0. The van der Waals surface area contributed by atoms with Crippen molar-refractivity contribution in [2.45, 2.75) is 57.0 Å². The van der Waals surface area contributed by atoms with Crippen molar-refractivity contribution in [1.82, 2.24) is 0 Å². The van der Waals surface area contributed by atoms with E-state index in [1.165, 1.54) is 0 Å². The Hall–Kier alpha value is -0.840. The Morgan fingerprint density at radius 3 is 2.48 bits per heavy atom. The van der Waals surface area contributed by atoms with Gasteiger partial charge in [-0.25, -0.2) is 4.89 Å². The van der Waals surface area contributed by atoms with Gasteiger partial charge in [-0.2, -0.15) is 4.89 Å². The molecule has 1 saturated heterocycles. The van der Waals surface area contributed by atoms with Crippen LogP contribution in [-0.2, 0) is 14.5 Å². The first kappa shape index (κ1) is 17.6. The van der Waals surface area contributed by atoms with Crippen molar-refractivity contribution in [2.24, 2.45) is 5.41 Å². The third-order valence-electron chi connectivity index (χ3n) is 5.94. The Morgan fingerprint density at radius 2 is 1.80 bits per heavy atom. The minimum atomic E-state index is -1.02. The Bertz CT molecular complexity index is 772. The van der Waals surface area contributed by atoms with Gasteiger partial charge in [0.1, 0.15) is 5.60 Å². The molecule has 1 aromatic rings. The maximum Gasteiger partial charge on any atom is 0.241 e. The normalized spacial score (nSPS) is 38.9. The molecule has 1 unspecified atom stereocenters. The minimum absolute atomic E-state index is 0.0590. The van der Waals surface area contributed by atoms with E-state index in [9.17, 15) is 0 Å². The Morgan fingerprint density at radius 1 is 1.00 bits per heavy atom. The van der Waals surface area contributed by atoms with E-state index in [1.54, 1.807) is 6.07 Å². The van der Waals surface area contributed by atoms with Crippen molar-refractivity contribution in [3.63, 3.8) is 0 Å². The number of hydrogen-bond acceptors (Lipinski definition) is 3. The van der Waals surface area contributed by atoms with Crippen LogP contribution >= 0.6 is 23.2 Å². The third-order valence-corrected chi connectivity index (χ3v) is 6.68. The zero-order valence-electron chi connectivity index (χ0n) is 14.6. The molecular formula is C20H22Cl2O3. The van der Waals surface area contributed by atoms with E-state index in [1.807, 2.05) is 30.4 Å². The van der Waals surface area contributed by atoms with Crippen LogP contribution in [0.4, 0.5) is 0 Å². The van der Waals surface area contributed by atoms with Gasteiger partial charge in [0.2, 0.25) is 5.79 Å². The van der Waals surface area contributed by atoms with Gasteiger partial charge in [-0.1, -0.05) is 49.2 Å². The molecule has 134 valence electrons. The molecule has 5 heteroatoms. The highest BCUT2D eigenvalue weighted by Gasteiger charge is 2.68. The SMILES string of the molecule is CC1(C)CCC[C@]2(C)O[C@]3(/C=C/c4ccc(Cl)c(Cl)c4)C=CC12OO3. The van der Waals surface area contributed by atoms with Gasteiger partial charge in [0, 0.05) is 5.41 Å². The van der Waals surface area contributed by atoms with Crippen LogP contribution in [0.5, 0.6) is 0 Å². The van der Waals surface area contributed by atoms with Gasteiger partial charge in [0.25, 0.3) is 0 Å². The van der Waals surface area contributed by atoms with Crippen LogP contribution in [0.25, 0.3) is 6.08 Å². The van der Waals surface area contributed by atoms with Gasteiger partial charge in [0.15, 0.2) is 5.60 Å². The molecule has 1 spiro atoms.